The molecule has 2 N–H and O–H groups in total. The number of nitrogen functional groups attached to an aromatic ring is 1. The molecule has 0 aliphatic carbocycles. The molecule has 1 aliphatic rings. The van der Waals surface area contributed by atoms with Gasteiger partial charge < -0.3 is 5.73 Å². The van der Waals surface area contributed by atoms with E-state index in [0.29, 0.717) is 24.7 Å². The summed E-state index contributed by atoms with van der Waals surface area (Å²) in [5, 5.41) is 0.241. The molecule has 1 fully saturated rings. The van der Waals surface area contributed by atoms with E-state index in [4.69, 9.17) is 17.3 Å². The Morgan fingerprint density at radius 1 is 1.42 bits per heavy atom. The maximum Gasteiger partial charge on any atom is 0.244 e. The van der Waals surface area contributed by atoms with Crippen LogP contribution in [0, 0.1) is 12.8 Å². The number of anilines is 1. The standard InChI is InChI=1S/C13H19ClN2O2S/c1-9-4-3-5-16(8-9)19(17,18)13-7-12(15)10(2)6-11(13)14/h6-7,9H,3-5,8,15H2,1-2H3. The van der Waals surface area contributed by atoms with Gasteiger partial charge in [-0.25, -0.2) is 8.42 Å². The van der Waals surface area contributed by atoms with E-state index < -0.39 is 10.0 Å². The van der Waals surface area contributed by atoms with Crippen LogP contribution in [0.25, 0.3) is 0 Å². The lowest BCUT2D eigenvalue weighted by Gasteiger charge is -2.30. The average molecular weight is 303 g/mol. The van der Waals surface area contributed by atoms with E-state index in [2.05, 4.69) is 6.92 Å². The zero-order valence-corrected chi connectivity index (χ0v) is 12.8. The molecule has 0 aromatic heterocycles. The molecule has 1 unspecified atom stereocenters. The molecule has 0 radical (unpaired) electrons. The summed E-state index contributed by atoms with van der Waals surface area (Å²) in [5.74, 6) is 0.380. The average Bonchev–Trinajstić information content (AvgIpc) is 2.33. The third kappa shape index (κ3) is 2.88. The van der Waals surface area contributed by atoms with E-state index in [1.54, 1.807) is 13.0 Å². The van der Waals surface area contributed by atoms with Crippen molar-refractivity contribution in [3.63, 3.8) is 0 Å². The molecule has 4 nitrogen and oxygen atoms in total. The van der Waals surface area contributed by atoms with Gasteiger partial charge in [-0.2, -0.15) is 4.31 Å². The molecule has 0 amide bonds. The molecule has 1 aromatic carbocycles. The fourth-order valence-electron chi connectivity index (χ4n) is 2.37. The van der Waals surface area contributed by atoms with Crippen LogP contribution in [0.1, 0.15) is 25.3 Å². The number of halogens is 1. The van der Waals surface area contributed by atoms with Crippen LogP contribution in [0.4, 0.5) is 5.69 Å². The fourth-order valence-corrected chi connectivity index (χ4v) is 4.56. The van der Waals surface area contributed by atoms with Gasteiger partial charge in [0.05, 0.1) is 5.02 Å². The predicted molar refractivity (Wildman–Crippen MR) is 77.8 cm³/mol. The summed E-state index contributed by atoms with van der Waals surface area (Å²) in [6, 6.07) is 3.07. The first-order valence-corrected chi connectivity index (χ1v) is 8.20. The molecule has 1 heterocycles. The minimum absolute atomic E-state index is 0.117. The Morgan fingerprint density at radius 3 is 2.74 bits per heavy atom. The van der Waals surface area contributed by atoms with E-state index in [0.717, 1.165) is 18.4 Å². The Labute approximate surface area is 119 Å². The van der Waals surface area contributed by atoms with Crippen molar-refractivity contribution in [3.05, 3.63) is 22.7 Å². The van der Waals surface area contributed by atoms with Gasteiger partial charge in [-0.3, -0.25) is 0 Å². The number of nitrogens with zero attached hydrogens (tertiary/aromatic N) is 1. The number of hydrogen-bond acceptors (Lipinski definition) is 3. The van der Waals surface area contributed by atoms with Crippen LogP contribution in [0.2, 0.25) is 5.02 Å². The Kier molecular flexibility index (Phi) is 4.08. The first kappa shape index (κ1) is 14.6. The number of sulfonamides is 1. The maximum atomic E-state index is 12.6. The molecule has 0 saturated carbocycles. The number of aryl methyl sites for hydroxylation is 1. The van der Waals surface area contributed by atoms with E-state index in [-0.39, 0.29) is 9.92 Å². The number of benzene rings is 1. The second-order valence-electron chi connectivity index (χ2n) is 5.25. The number of piperidine rings is 1. The number of nitrogens with two attached hydrogens (primary N) is 1. The van der Waals surface area contributed by atoms with Crippen LogP contribution >= 0.6 is 11.6 Å². The van der Waals surface area contributed by atoms with E-state index in [9.17, 15) is 8.42 Å². The SMILES string of the molecule is Cc1cc(Cl)c(S(=O)(=O)N2CCCC(C)C2)cc1N. The van der Waals surface area contributed by atoms with Gasteiger partial charge in [0.1, 0.15) is 4.90 Å². The smallest absolute Gasteiger partial charge is 0.244 e. The Hall–Kier alpha value is -0.780. The minimum atomic E-state index is -3.54. The summed E-state index contributed by atoms with van der Waals surface area (Å²) in [4.78, 5) is 0.117. The lowest BCUT2D eigenvalue weighted by molar-refractivity contribution is 0.281. The molecule has 1 aliphatic heterocycles. The van der Waals surface area contributed by atoms with Crippen molar-refractivity contribution in [2.45, 2.75) is 31.6 Å². The molecule has 1 aromatic rings. The van der Waals surface area contributed by atoms with Gasteiger partial charge in [-0.1, -0.05) is 18.5 Å². The maximum absolute atomic E-state index is 12.6. The first-order chi connectivity index (χ1) is 8.82. The molecular formula is C13H19ClN2O2S. The zero-order chi connectivity index (χ0) is 14.2. The fraction of sp³-hybridized carbons (Fsp3) is 0.538. The lowest BCUT2D eigenvalue weighted by atomic mass is 10.0. The molecule has 0 spiro atoms. The highest BCUT2D eigenvalue weighted by atomic mass is 35.5. The Balaban J connectivity index is 2.42. The first-order valence-electron chi connectivity index (χ1n) is 6.38. The number of hydrogen-bond donors (Lipinski definition) is 1. The predicted octanol–water partition coefficient (Wildman–Crippen LogP) is 2.65. The normalized spacial score (nSPS) is 21.5. The van der Waals surface area contributed by atoms with Gasteiger partial charge >= 0.3 is 0 Å². The van der Waals surface area contributed by atoms with Gasteiger partial charge in [0, 0.05) is 18.8 Å². The van der Waals surface area contributed by atoms with Gasteiger partial charge in [0.25, 0.3) is 0 Å². The van der Waals surface area contributed by atoms with Crippen LogP contribution in [0.15, 0.2) is 17.0 Å². The summed E-state index contributed by atoms with van der Waals surface area (Å²) in [7, 11) is -3.54. The molecule has 0 bridgehead atoms. The Bertz CT molecular complexity index is 587. The second-order valence-corrected chi connectivity index (χ2v) is 7.56. The Morgan fingerprint density at radius 2 is 2.11 bits per heavy atom. The molecule has 2 rings (SSSR count). The lowest BCUT2D eigenvalue weighted by Crippen LogP contribution is -2.39. The monoisotopic (exact) mass is 302 g/mol. The van der Waals surface area contributed by atoms with Crippen molar-refractivity contribution in [1.82, 2.24) is 4.31 Å². The summed E-state index contributed by atoms with van der Waals surface area (Å²) < 4.78 is 26.7. The largest absolute Gasteiger partial charge is 0.398 e. The summed E-state index contributed by atoms with van der Waals surface area (Å²) >= 11 is 6.08. The zero-order valence-electron chi connectivity index (χ0n) is 11.2. The van der Waals surface area contributed by atoms with Crippen LogP contribution in [0.5, 0.6) is 0 Å². The molecule has 1 saturated heterocycles. The van der Waals surface area contributed by atoms with E-state index in [1.807, 2.05) is 0 Å². The highest BCUT2D eigenvalue weighted by molar-refractivity contribution is 7.89. The third-order valence-corrected chi connectivity index (χ3v) is 5.89. The molecule has 106 valence electrons. The second kappa shape index (κ2) is 5.31. The minimum Gasteiger partial charge on any atom is -0.398 e. The quantitative estimate of drug-likeness (QED) is 0.854. The summed E-state index contributed by atoms with van der Waals surface area (Å²) in [6.07, 6.45) is 1.95. The van der Waals surface area contributed by atoms with Gasteiger partial charge in [0.15, 0.2) is 0 Å². The van der Waals surface area contributed by atoms with Crippen molar-refractivity contribution in [2.75, 3.05) is 18.8 Å². The van der Waals surface area contributed by atoms with Crippen LogP contribution in [-0.2, 0) is 10.0 Å². The molecule has 1 atom stereocenters. The molecule has 6 heteroatoms. The third-order valence-electron chi connectivity index (χ3n) is 3.56. The van der Waals surface area contributed by atoms with Crippen LogP contribution < -0.4 is 5.73 Å². The van der Waals surface area contributed by atoms with Crippen molar-refractivity contribution in [2.24, 2.45) is 5.92 Å². The van der Waals surface area contributed by atoms with Gasteiger partial charge in [-0.15, -0.1) is 0 Å². The van der Waals surface area contributed by atoms with Crippen molar-refractivity contribution in [1.29, 1.82) is 0 Å². The highest BCUT2D eigenvalue weighted by Gasteiger charge is 2.30. The van der Waals surface area contributed by atoms with Crippen molar-refractivity contribution < 1.29 is 8.42 Å². The highest BCUT2D eigenvalue weighted by Crippen LogP contribution is 2.31. The van der Waals surface area contributed by atoms with Crippen molar-refractivity contribution >= 4 is 27.3 Å². The van der Waals surface area contributed by atoms with E-state index >= 15 is 0 Å². The molecule has 19 heavy (non-hydrogen) atoms. The summed E-state index contributed by atoms with van der Waals surface area (Å²) in [5.41, 5.74) is 7.04. The van der Waals surface area contributed by atoms with Crippen molar-refractivity contribution in [3.8, 4) is 0 Å². The summed E-state index contributed by atoms with van der Waals surface area (Å²) in [6.45, 7) is 4.97. The van der Waals surface area contributed by atoms with Crippen LogP contribution in [0.3, 0.4) is 0 Å². The van der Waals surface area contributed by atoms with E-state index in [1.165, 1.54) is 10.4 Å². The van der Waals surface area contributed by atoms with Gasteiger partial charge in [0.2, 0.25) is 10.0 Å². The van der Waals surface area contributed by atoms with Gasteiger partial charge in [-0.05, 0) is 43.4 Å². The van der Waals surface area contributed by atoms with Crippen LogP contribution in [-0.4, -0.2) is 25.8 Å². The number of rotatable bonds is 2. The topological polar surface area (TPSA) is 63.4 Å². The molecular weight excluding hydrogens is 284 g/mol.